The average molecular weight is 302 g/mol. The molecule has 1 amide bonds. The van der Waals surface area contributed by atoms with Crippen molar-refractivity contribution in [3.63, 3.8) is 0 Å². The Morgan fingerprint density at radius 2 is 2.00 bits per heavy atom. The van der Waals surface area contributed by atoms with Gasteiger partial charge in [0.25, 0.3) is 5.91 Å². The molecular weight excluding hydrogens is 289 g/mol. The third-order valence-electron chi connectivity index (χ3n) is 3.48. The van der Waals surface area contributed by atoms with E-state index < -0.39 is 11.9 Å². The fourth-order valence-corrected chi connectivity index (χ4v) is 2.42. The molecule has 0 saturated carbocycles. The van der Waals surface area contributed by atoms with Crippen LogP contribution in [0.4, 0.5) is 0 Å². The van der Waals surface area contributed by atoms with E-state index in [-0.39, 0.29) is 16.8 Å². The molecule has 1 aromatic rings. The number of halogens is 2. The number of nitrogens with zero attached hydrogens (tertiary/aromatic N) is 1. The van der Waals surface area contributed by atoms with Gasteiger partial charge in [-0.15, -0.1) is 0 Å². The fraction of sp³-hybridized carbons (Fsp3) is 0.385. The number of aliphatic carboxylic acids is 1. The summed E-state index contributed by atoms with van der Waals surface area (Å²) in [7, 11) is 0. The van der Waals surface area contributed by atoms with Crippen LogP contribution in [0.1, 0.15) is 17.3 Å². The molecule has 6 heteroatoms. The lowest BCUT2D eigenvalue weighted by Gasteiger charge is -2.41. The molecule has 102 valence electrons. The molecule has 1 fully saturated rings. The molecule has 1 N–H and O–H groups in total. The Kier molecular flexibility index (Phi) is 4.02. The van der Waals surface area contributed by atoms with Crippen LogP contribution < -0.4 is 0 Å². The SMILES string of the molecule is CC(C(=O)O)C1CN(C(=O)c2cccc(Cl)c2Cl)C1. The smallest absolute Gasteiger partial charge is 0.306 e. The van der Waals surface area contributed by atoms with E-state index in [0.717, 1.165) is 0 Å². The Morgan fingerprint density at radius 3 is 2.58 bits per heavy atom. The number of hydrogen-bond acceptors (Lipinski definition) is 2. The van der Waals surface area contributed by atoms with Crippen molar-refractivity contribution < 1.29 is 14.7 Å². The number of hydrogen-bond donors (Lipinski definition) is 1. The number of rotatable bonds is 3. The van der Waals surface area contributed by atoms with Crippen LogP contribution in [-0.4, -0.2) is 35.0 Å². The van der Waals surface area contributed by atoms with Gasteiger partial charge in [0.15, 0.2) is 0 Å². The van der Waals surface area contributed by atoms with Crippen molar-refractivity contribution in [2.75, 3.05) is 13.1 Å². The molecule has 1 atom stereocenters. The Morgan fingerprint density at radius 1 is 1.37 bits per heavy atom. The van der Waals surface area contributed by atoms with Crippen LogP contribution in [0.25, 0.3) is 0 Å². The predicted octanol–water partition coefficient (Wildman–Crippen LogP) is 2.79. The maximum atomic E-state index is 12.2. The first-order chi connectivity index (χ1) is 8.91. The molecule has 1 unspecified atom stereocenters. The van der Waals surface area contributed by atoms with Gasteiger partial charge < -0.3 is 10.0 Å². The Hall–Kier alpha value is -1.26. The zero-order chi connectivity index (χ0) is 14.2. The highest BCUT2D eigenvalue weighted by atomic mass is 35.5. The summed E-state index contributed by atoms with van der Waals surface area (Å²) in [5, 5.41) is 9.47. The summed E-state index contributed by atoms with van der Waals surface area (Å²) in [6.45, 7) is 2.53. The summed E-state index contributed by atoms with van der Waals surface area (Å²) in [6, 6.07) is 4.90. The molecule has 19 heavy (non-hydrogen) atoms. The third-order valence-corrected chi connectivity index (χ3v) is 4.29. The minimum atomic E-state index is -0.835. The van der Waals surface area contributed by atoms with Crippen molar-refractivity contribution >= 4 is 35.1 Å². The van der Waals surface area contributed by atoms with E-state index in [1.807, 2.05) is 0 Å². The molecular formula is C13H13Cl2NO3. The summed E-state index contributed by atoms with van der Waals surface area (Å²) in [6.07, 6.45) is 0. The van der Waals surface area contributed by atoms with Gasteiger partial charge in [0.1, 0.15) is 0 Å². The molecule has 0 aliphatic carbocycles. The maximum absolute atomic E-state index is 12.2. The number of carbonyl (C=O) groups excluding carboxylic acids is 1. The van der Waals surface area contributed by atoms with E-state index in [1.165, 1.54) is 0 Å². The lowest BCUT2D eigenvalue weighted by atomic mass is 9.86. The van der Waals surface area contributed by atoms with E-state index in [2.05, 4.69) is 0 Å². The van der Waals surface area contributed by atoms with Gasteiger partial charge in [-0.25, -0.2) is 0 Å². The monoisotopic (exact) mass is 301 g/mol. The molecule has 0 aromatic heterocycles. The molecule has 4 nitrogen and oxygen atoms in total. The Labute approximate surface area is 120 Å². The van der Waals surface area contributed by atoms with Crippen LogP contribution in [0.15, 0.2) is 18.2 Å². The van der Waals surface area contributed by atoms with Crippen molar-refractivity contribution in [2.24, 2.45) is 11.8 Å². The largest absolute Gasteiger partial charge is 0.481 e. The summed E-state index contributed by atoms with van der Waals surface area (Å²) >= 11 is 11.9. The van der Waals surface area contributed by atoms with Gasteiger partial charge in [-0.1, -0.05) is 36.2 Å². The van der Waals surface area contributed by atoms with Crippen LogP contribution in [0.5, 0.6) is 0 Å². The van der Waals surface area contributed by atoms with E-state index >= 15 is 0 Å². The molecule has 1 saturated heterocycles. The van der Waals surface area contributed by atoms with Crippen LogP contribution in [0.3, 0.4) is 0 Å². The molecule has 1 aromatic carbocycles. The summed E-state index contributed by atoms with van der Waals surface area (Å²) < 4.78 is 0. The molecule has 0 radical (unpaired) electrons. The summed E-state index contributed by atoms with van der Waals surface area (Å²) in [5.41, 5.74) is 0.357. The predicted molar refractivity (Wildman–Crippen MR) is 72.7 cm³/mol. The highest BCUT2D eigenvalue weighted by molar-refractivity contribution is 6.43. The van der Waals surface area contributed by atoms with Crippen molar-refractivity contribution in [3.8, 4) is 0 Å². The van der Waals surface area contributed by atoms with E-state index in [9.17, 15) is 9.59 Å². The van der Waals surface area contributed by atoms with Crippen LogP contribution >= 0.6 is 23.2 Å². The van der Waals surface area contributed by atoms with Gasteiger partial charge in [-0.05, 0) is 12.1 Å². The average Bonchev–Trinajstić information content (AvgIpc) is 2.30. The first-order valence-corrected chi connectivity index (χ1v) is 6.63. The molecule has 1 heterocycles. The second-order valence-electron chi connectivity index (χ2n) is 4.70. The first kappa shape index (κ1) is 14.2. The van der Waals surface area contributed by atoms with Crippen molar-refractivity contribution in [3.05, 3.63) is 33.8 Å². The van der Waals surface area contributed by atoms with Gasteiger partial charge >= 0.3 is 5.97 Å². The van der Waals surface area contributed by atoms with Gasteiger partial charge in [-0.2, -0.15) is 0 Å². The number of carboxylic acid groups (broad SMARTS) is 1. The number of amides is 1. The van der Waals surface area contributed by atoms with E-state index in [1.54, 1.807) is 30.0 Å². The quantitative estimate of drug-likeness (QED) is 0.934. The van der Waals surface area contributed by atoms with Gasteiger partial charge in [0.2, 0.25) is 0 Å². The molecule has 0 bridgehead atoms. The molecule has 0 spiro atoms. The van der Waals surface area contributed by atoms with Gasteiger partial charge in [0, 0.05) is 19.0 Å². The van der Waals surface area contributed by atoms with Crippen LogP contribution in [0.2, 0.25) is 10.0 Å². The normalized spacial score (nSPS) is 16.9. The number of likely N-dealkylation sites (tertiary alicyclic amines) is 1. The number of carboxylic acids is 1. The van der Waals surface area contributed by atoms with E-state index in [0.29, 0.717) is 23.7 Å². The number of carbonyl (C=O) groups is 2. The molecule has 2 rings (SSSR count). The third kappa shape index (κ3) is 2.69. The van der Waals surface area contributed by atoms with Crippen molar-refractivity contribution in [1.82, 2.24) is 4.90 Å². The van der Waals surface area contributed by atoms with Gasteiger partial charge in [-0.3, -0.25) is 9.59 Å². The highest BCUT2D eigenvalue weighted by Gasteiger charge is 2.37. The standard InChI is InChI=1S/C13H13Cl2NO3/c1-7(13(18)19)8-5-16(6-8)12(17)9-3-2-4-10(14)11(9)15/h2-4,7-8H,5-6H2,1H3,(H,18,19). The number of benzene rings is 1. The van der Waals surface area contributed by atoms with Crippen molar-refractivity contribution in [1.29, 1.82) is 0 Å². The van der Waals surface area contributed by atoms with Gasteiger partial charge in [0.05, 0.1) is 21.5 Å². The zero-order valence-corrected chi connectivity index (χ0v) is 11.8. The van der Waals surface area contributed by atoms with Crippen molar-refractivity contribution in [2.45, 2.75) is 6.92 Å². The second kappa shape index (κ2) is 5.39. The molecule has 1 aliphatic rings. The minimum Gasteiger partial charge on any atom is -0.481 e. The zero-order valence-electron chi connectivity index (χ0n) is 10.3. The van der Waals surface area contributed by atoms with E-state index in [4.69, 9.17) is 28.3 Å². The summed E-state index contributed by atoms with van der Waals surface area (Å²) in [4.78, 5) is 24.6. The topological polar surface area (TPSA) is 57.6 Å². The molecule has 1 aliphatic heterocycles. The second-order valence-corrected chi connectivity index (χ2v) is 5.48. The first-order valence-electron chi connectivity index (χ1n) is 5.88. The Balaban J connectivity index is 2.04. The lowest BCUT2D eigenvalue weighted by molar-refractivity contribution is -0.144. The minimum absolute atomic E-state index is 0.000547. The summed E-state index contributed by atoms with van der Waals surface area (Å²) in [5.74, 6) is -1.49. The van der Waals surface area contributed by atoms with Crippen LogP contribution in [0, 0.1) is 11.8 Å². The lowest BCUT2D eigenvalue weighted by Crippen LogP contribution is -2.53. The maximum Gasteiger partial charge on any atom is 0.306 e. The fourth-order valence-electron chi connectivity index (χ4n) is 2.04. The highest BCUT2D eigenvalue weighted by Crippen LogP contribution is 2.30. The Bertz CT molecular complexity index is 527. The van der Waals surface area contributed by atoms with Crippen LogP contribution in [-0.2, 0) is 4.79 Å².